The first-order valence-corrected chi connectivity index (χ1v) is 5.91. The summed E-state index contributed by atoms with van der Waals surface area (Å²) in [5.41, 5.74) is 2.83. The van der Waals surface area contributed by atoms with Crippen molar-refractivity contribution < 1.29 is 0 Å². The summed E-state index contributed by atoms with van der Waals surface area (Å²) in [5.74, 6) is 8.78. The SMILES string of the molecule is C#Cc1ccc(C#Cc2ccc(Br)cc2)cc1. The Kier molecular flexibility index (Phi) is 3.66. The van der Waals surface area contributed by atoms with E-state index in [-0.39, 0.29) is 0 Å². The molecular weight excluding hydrogens is 272 g/mol. The fourth-order valence-electron chi connectivity index (χ4n) is 1.33. The van der Waals surface area contributed by atoms with Gasteiger partial charge in [0.2, 0.25) is 0 Å². The van der Waals surface area contributed by atoms with Crippen LogP contribution in [0.2, 0.25) is 0 Å². The molecule has 0 aromatic heterocycles. The summed E-state index contributed by atoms with van der Waals surface area (Å²) in [6.07, 6.45) is 5.29. The average Bonchev–Trinajstić information content (AvgIpc) is 2.39. The quantitative estimate of drug-likeness (QED) is 0.644. The normalized spacial score (nSPS) is 8.94. The van der Waals surface area contributed by atoms with E-state index in [0.29, 0.717) is 0 Å². The molecule has 0 bridgehead atoms. The van der Waals surface area contributed by atoms with E-state index in [2.05, 4.69) is 33.7 Å². The van der Waals surface area contributed by atoms with E-state index in [1.165, 1.54) is 0 Å². The first kappa shape index (κ1) is 11.5. The van der Waals surface area contributed by atoms with Gasteiger partial charge in [0.1, 0.15) is 0 Å². The van der Waals surface area contributed by atoms with E-state index in [4.69, 9.17) is 6.42 Å². The first-order chi connectivity index (χ1) is 8.28. The van der Waals surface area contributed by atoms with Crippen LogP contribution in [0.15, 0.2) is 53.0 Å². The minimum absolute atomic E-state index is 0.874. The highest BCUT2D eigenvalue weighted by atomic mass is 79.9. The second-order valence-corrected chi connectivity index (χ2v) is 4.39. The van der Waals surface area contributed by atoms with E-state index >= 15 is 0 Å². The Morgan fingerprint density at radius 2 is 1.12 bits per heavy atom. The van der Waals surface area contributed by atoms with Crippen LogP contribution >= 0.6 is 15.9 Å². The molecule has 0 N–H and O–H groups in total. The van der Waals surface area contributed by atoms with E-state index in [1.54, 1.807) is 0 Å². The highest BCUT2D eigenvalue weighted by molar-refractivity contribution is 9.10. The largest absolute Gasteiger partial charge is 0.115 e. The maximum Gasteiger partial charge on any atom is 0.0249 e. The standard InChI is InChI=1S/C16H9Br/c1-2-13-3-5-14(6-4-13)7-8-15-9-11-16(17)12-10-15/h1,3-6,9-12H. The minimum atomic E-state index is 0.874. The fraction of sp³-hybridized carbons (Fsp3) is 0. The Morgan fingerprint density at radius 1 is 0.706 bits per heavy atom. The topological polar surface area (TPSA) is 0 Å². The maximum absolute atomic E-state index is 5.29. The lowest BCUT2D eigenvalue weighted by Gasteiger charge is -1.92. The molecule has 1 heteroatoms. The van der Waals surface area contributed by atoms with E-state index in [1.807, 2.05) is 48.5 Å². The maximum atomic E-state index is 5.29. The Hall–Kier alpha value is -1.96. The van der Waals surface area contributed by atoms with Gasteiger partial charge in [0.05, 0.1) is 0 Å². The molecule has 2 rings (SSSR count). The summed E-state index contributed by atoms with van der Waals surface area (Å²) in [6.45, 7) is 0. The van der Waals surface area contributed by atoms with E-state index in [0.717, 1.165) is 21.2 Å². The average molecular weight is 281 g/mol. The van der Waals surface area contributed by atoms with Crippen molar-refractivity contribution in [2.45, 2.75) is 0 Å². The van der Waals surface area contributed by atoms with Crippen LogP contribution in [0.4, 0.5) is 0 Å². The summed E-state index contributed by atoms with van der Waals surface area (Å²) in [4.78, 5) is 0. The summed E-state index contributed by atoms with van der Waals surface area (Å²) in [5, 5.41) is 0. The molecule has 0 saturated carbocycles. The summed E-state index contributed by atoms with van der Waals surface area (Å²) in [6, 6.07) is 15.6. The molecule has 0 aliphatic heterocycles. The number of benzene rings is 2. The molecule has 17 heavy (non-hydrogen) atoms. The van der Waals surface area contributed by atoms with Crippen LogP contribution in [0.5, 0.6) is 0 Å². The third-order valence-electron chi connectivity index (χ3n) is 2.25. The lowest BCUT2D eigenvalue weighted by molar-refractivity contribution is 1.58. The van der Waals surface area contributed by atoms with Crippen molar-refractivity contribution in [1.82, 2.24) is 0 Å². The Bertz CT molecular complexity index is 602. The predicted molar refractivity (Wildman–Crippen MR) is 74.5 cm³/mol. The van der Waals surface area contributed by atoms with Gasteiger partial charge in [-0.1, -0.05) is 33.7 Å². The van der Waals surface area contributed by atoms with E-state index in [9.17, 15) is 0 Å². The number of halogens is 1. The van der Waals surface area contributed by atoms with Crippen LogP contribution < -0.4 is 0 Å². The third-order valence-corrected chi connectivity index (χ3v) is 2.78. The number of hydrogen-bond donors (Lipinski definition) is 0. The third kappa shape index (κ3) is 3.25. The van der Waals surface area contributed by atoms with Gasteiger partial charge in [-0.15, -0.1) is 6.42 Å². The van der Waals surface area contributed by atoms with Crippen molar-refractivity contribution in [3.05, 3.63) is 69.7 Å². The molecule has 0 atom stereocenters. The summed E-state index contributed by atoms with van der Waals surface area (Å²) >= 11 is 3.39. The summed E-state index contributed by atoms with van der Waals surface area (Å²) < 4.78 is 1.06. The zero-order chi connectivity index (χ0) is 12.1. The van der Waals surface area contributed by atoms with Crippen molar-refractivity contribution in [2.24, 2.45) is 0 Å². The van der Waals surface area contributed by atoms with Crippen molar-refractivity contribution >= 4 is 15.9 Å². The molecule has 0 heterocycles. The molecular formula is C16H9Br. The smallest absolute Gasteiger partial charge is 0.0249 e. The van der Waals surface area contributed by atoms with Gasteiger partial charge in [0, 0.05) is 21.2 Å². The van der Waals surface area contributed by atoms with Gasteiger partial charge in [-0.05, 0) is 48.5 Å². The number of terminal acetylenes is 1. The van der Waals surface area contributed by atoms with Gasteiger partial charge in [-0.3, -0.25) is 0 Å². The first-order valence-electron chi connectivity index (χ1n) is 5.12. The van der Waals surface area contributed by atoms with Crippen molar-refractivity contribution in [3.8, 4) is 24.2 Å². The number of rotatable bonds is 0. The second-order valence-electron chi connectivity index (χ2n) is 3.48. The molecule has 0 aliphatic rings. The highest BCUT2D eigenvalue weighted by Gasteiger charge is 1.89. The van der Waals surface area contributed by atoms with Crippen LogP contribution in [-0.2, 0) is 0 Å². The molecule has 0 radical (unpaired) electrons. The van der Waals surface area contributed by atoms with Gasteiger partial charge < -0.3 is 0 Å². The predicted octanol–water partition coefficient (Wildman–Crippen LogP) is 3.83. The minimum Gasteiger partial charge on any atom is -0.115 e. The van der Waals surface area contributed by atoms with E-state index < -0.39 is 0 Å². The van der Waals surface area contributed by atoms with Crippen LogP contribution in [-0.4, -0.2) is 0 Å². The van der Waals surface area contributed by atoms with Gasteiger partial charge in [0.15, 0.2) is 0 Å². The molecule has 80 valence electrons. The summed E-state index contributed by atoms with van der Waals surface area (Å²) in [7, 11) is 0. The fourth-order valence-corrected chi connectivity index (χ4v) is 1.59. The second kappa shape index (κ2) is 5.39. The molecule has 0 amide bonds. The zero-order valence-electron chi connectivity index (χ0n) is 9.07. The van der Waals surface area contributed by atoms with Crippen LogP contribution in [0.3, 0.4) is 0 Å². The van der Waals surface area contributed by atoms with Gasteiger partial charge in [-0.2, -0.15) is 0 Å². The van der Waals surface area contributed by atoms with Gasteiger partial charge >= 0.3 is 0 Å². The van der Waals surface area contributed by atoms with Crippen molar-refractivity contribution in [2.75, 3.05) is 0 Å². The van der Waals surface area contributed by atoms with Crippen LogP contribution in [0, 0.1) is 24.2 Å². The Morgan fingerprint density at radius 3 is 1.59 bits per heavy atom. The molecule has 0 unspecified atom stereocenters. The van der Waals surface area contributed by atoms with Crippen molar-refractivity contribution in [1.29, 1.82) is 0 Å². The lowest BCUT2D eigenvalue weighted by Crippen LogP contribution is -1.77. The zero-order valence-corrected chi connectivity index (χ0v) is 10.7. The molecule has 2 aromatic rings. The monoisotopic (exact) mass is 280 g/mol. The van der Waals surface area contributed by atoms with Crippen LogP contribution in [0.25, 0.3) is 0 Å². The highest BCUT2D eigenvalue weighted by Crippen LogP contribution is 2.09. The molecule has 0 aliphatic carbocycles. The Labute approximate surface area is 110 Å². The molecule has 0 nitrogen and oxygen atoms in total. The molecule has 0 saturated heterocycles. The van der Waals surface area contributed by atoms with Gasteiger partial charge in [-0.25, -0.2) is 0 Å². The Balaban J connectivity index is 2.21. The molecule has 2 aromatic carbocycles. The lowest BCUT2D eigenvalue weighted by atomic mass is 10.1. The number of hydrogen-bond acceptors (Lipinski definition) is 0. The molecule has 0 fully saturated rings. The van der Waals surface area contributed by atoms with Crippen molar-refractivity contribution in [3.63, 3.8) is 0 Å². The van der Waals surface area contributed by atoms with Crippen LogP contribution in [0.1, 0.15) is 16.7 Å². The van der Waals surface area contributed by atoms with Gasteiger partial charge in [0.25, 0.3) is 0 Å². The molecule has 0 spiro atoms.